The second-order valence-electron chi connectivity index (χ2n) is 8.55. The summed E-state index contributed by atoms with van der Waals surface area (Å²) >= 11 is 0. The van der Waals surface area contributed by atoms with Gasteiger partial charge in [-0.1, -0.05) is 46.8 Å². The predicted octanol–water partition coefficient (Wildman–Crippen LogP) is 6.40. The van der Waals surface area contributed by atoms with E-state index >= 15 is 0 Å². The SMILES string of the molecule is Cc1cc(CC(C)(C)c2cc(F)cc(F)c2)cc(C(C)(C)C)c1C. The minimum absolute atomic E-state index is 0.0694. The van der Waals surface area contributed by atoms with Crippen LogP contribution in [0.15, 0.2) is 30.3 Å². The van der Waals surface area contributed by atoms with Crippen molar-refractivity contribution >= 4 is 0 Å². The molecule has 0 fully saturated rings. The fourth-order valence-electron chi connectivity index (χ4n) is 3.37. The van der Waals surface area contributed by atoms with Gasteiger partial charge in [-0.3, -0.25) is 0 Å². The lowest BCUT2D eigenvalue weighted by molar-refractivity contribution is 0.502. The van der Waals surface area contributed by atoms with Crippen molar-refractivity contribution < 1.29 is 8.78 Å². The Bertz CT molecular complexity index is 729. The van der Waals surface area contributed by atoms with Gasteiger partial charge in [-0.05, 0) is 71.0 Å². The first-order valence-corrected chi connectivity index (χ1v) is 8.47. The van der Waals surface area contributed by atoms with Gasteiger partial charge in [-0.2, -0.15) is 0 Å². The van der Waals surface area contributed by atoms with Crippen molar-refractivity contribution in [2.24, 2.45) is 0 Å². The van der Waals surface area contributed by atoms with Gasteiger partial charge in [0.05, 0.1) is 0 Å². The van der Waals surface area contributed by atoms with Gasteiger partial charge in [0.15, 0.2) is 0 Å². The second-order valence-corrected chi connectivity index (χ2v) is 8.55. The second kappa shape index (κ2) is 6.31. The molecule has 0 amide bonds. The average Bonchev–Trinajstić information content (AvgIpc) is 2.40. The number of hydrogen-bond acceptors (Lipinski definition) is 0. The monoisotopic (exact) mass is 330 g/mol. The Morgan fingerprint density at radius 3 is 1.83 bits per heavy atom. The van der Waals surface area contributed by atoms with Crippen LogP contribution in [0.5, 0.6) is 0 Å². The lowest BCUT2D eigenvalue weighted by Crippen LogP contribution is -2.22. The molecule has 0 aromatic heterocycles. The van der Waals surface area contributed by atoms with Crippen LogP contribution in [0.3, 0.4) is 0 Å². The van der Waals surface area contributed by atoms with Gasteiger partial charge in [0.2, 0.25) is 0 Å². The minimum atomic E-state index is -0.520. The number of benzene rings is 2. The van der Waals surface area contributed by atoms with Gasteiger partial charge in [0, 0.05) is 6.07 Å². The van der Waals surface area contributed by atoms with Gasteiger partial charge < -0.3 is 0 Å². The Morgan fingerprint density at radius 2 is 1.33 bits per heavy atom. The van der Waals surface area contributed by atoms with E-state index in [0.29, 0.717) is 5.56 Å². The Balaban J connectivity index is 2.44. The normalized spacial score (nSPS) is 12.5. The molecule has 0 radical (unpaired) electrons. The molecule has 0 heterocycles. The summed E-state index contributed by atoms with van der Waals surface area (Å²) in [5.41, 5.74) is 5.53. The van der Waals surface area contributed by atoms with Gasteiger partial charge in [0.25, 0.3) is 0 Å². The van der Waals surface area contributed by atoms with Crippen LogP contribution in [0.4, 0.5) is 8.78 Å². The molecule has 130 valence electrons. The number of hydrogen-bond donors (Lipinski definition) is 0. The Hall–Kier alpha value is -1.70. The van der Waals surface area contributed by atoms with Crippen LogP contribution in [0.2, 0.25) is 0 Å². The van der Waals surface area contributed by atoms with Gasteiger partial charge >= 0.3 is 0 Å². The summed E-state index contributed by atoms with van der Waals surface area (Å²) in [6.45, 7) is 15.0. The lowest BCUT2D eigenvalue weighted by atomic mass is 9.76. The summed E-state index contributed by atoms with van der Waals surface area (Å²) in [6.07, 6.45) is 0.736. The molecule has 2 heteroatoms. The minimum Gasteiger partial charge on any atom is -0.207 e. The molecule has 0 aliphatic heterocycles. The quantitative estimate of drug-likeness (QED) is 0.611. The largest absolute Gasteiger partial charge is 0.207 e. The van der Waals surface area contributed by atoms with Crippen LogP contribution in [0, 0.1) is 25.5 Å². The highest BCUT2D eigenvalue weighted by atomic mass is 19.1. The van der Waals surface area contributed by atoms with E-state index in [1.165, 1.54) is 34.4 Å². The van der Waals surface area contributed by atoms with Crippen molar-refractivity contribution in [2.75, 3.05) is 0 Å². The maximum atomic E-state index is 13.6. The number of halogens is 2. The summed E-state index contributed by atoms with van der Waals surface area (Å²) in [5.74, 6) is -1.04. The molecule has 0 unspecified atom stereocenters. The third-order valence-electron chi connectivity index (χ3n) is 4.83. The number of rotatable bonds is 3. The van der Waals surface area contributed by atoms with Crippen LogP contribution < -0.4 is 0 Å². The first kappa shape index (κ1) is 18.6. The molecule has 0 aliphatic rings. The molecule has 0 aliphatic carbocycles. The van der Waals surface area contributed by atoms with Crippen LogP contribution in [0.25, 0.3) is 0 Å². The summed E-state index contributed by atoms with van der Waals surface area (Å²) in [7, 11) is 0. The van der Waals surface area contributed by atoms with Crippen molar-refractivity contribution in [1.82, 2.24) is 0 Å². The summed E-state index contributed by atoms with van der Waals surface area (Å²) in [5, 5.41) is 0. The highest BCUT2D eigenvalue weighted by molar-refractivity contribution is 5.42. The molecule has 0 saturated carbocycles. The zero-order valence-corrected chi connectivity index (χ0v) is 15.8. The maximum absolute atomic E-state index is 13.6. The topological polar surface area (TPSA) is 0 Å². The van der Waals surface area contributed by atoms with Crippen molar-refractivity contribution in [3.05, 3.63) is 69.8 Å². The molecular weight excluding hydrogens is 302 g/mol. The van der Waals surface area contributed by atoms with Crippen LogP contribution >= 0.6 is 0 Å². The molecule has 2 aromatic carbocycles. The zero-order chi connectivity index (χ0) is 18.3. The molecule has 0 saturated heterocycles. The predicted molar refractivity (Wildman–Crippen MR) is 97.7 cm³/mol. The number of aryl methyl sites for hydroxylation is 1. The lowest BCUT2D eigenvalue weighted by Gasteiger charge is -2.29. The Labute approximate surface area is 144 Å². The van der Waals surface area contributed by atoms with E-state index in [0.717, 1.165) is 12.5 Å². The third-order valence-corrected chi connectivity index (χ3v) is 4.83. The summed E-state index contributed by atoms with van der Waals surface area (Å²) in [4.78, 5) is 0. The van der Waals surface area contributed by atoms with E-state index in [2.05, 4.69) is 46.8 Å². The average molecular weight is 330 g/mol. The Kier molecular flexibility index (Phi) is 4.90. The van der Waals surface area contributed by atoms with E-state index in [1.807, 2.05) is 13.8 Å². The molecular formula is C22H28F2. The highest BCUT2D eigenvalue weighted by Crippen LogP contribution is 2.33. The van der Waals surface area contributed by atoms with E-state index in [4.69, 9.17) is 0 Å². The van der Waals surface area contributed by atoms with Crippen LogP contribution in [0.1, 0.15) is 62.4 Å². The van der Waals surface area contributed by atoms with Crippen molar-refractivity contribution in [2.45, 2.75) is 65.7 Å². The first-order chi connectivity index (χ1) is 10.9. The van der Waals surface area contributed by atoms with Crippen molar-refractivity contribution in [1.29, 1.82) is 0 Å². The van der Waals surface area contributed by atoms with Gasteiger partial charge in [-0.15, -0.1) is 0 Å². The van der Waals surface area contributed by atoms with Crippen LogP contribution in [-0.2, 0) is 17.3 Å². The fraction of sp³-hybridized carbons (Fsp3) is 0.455. The molecule has 2 aromatic rings. The molecule has 0 bridgehead atoms. The van der Waals surface area contributed by atoms with E-state index in [-0.39, 0.29) is 10.8 Å². The molecule has 0 N–H and O–H groups in total. The summed E-state index contributed by atoms with van der Waals surface area (Å²) in [6, 6.07) is 8.25. The smallest absolute Gasteiger partial charge is 0.126 e. The van der Waals surface area contributed by atoms with Crippen molar-refractivity contribution in [3.63, 3.8) is 0 Å². The first-order valence-electron chi connectivity index (χ1n) is 8.47. The maximum Gasteiger partial charge on any atom is 0.126 e. The Morgan fingerprint density at radius 1 is 0.792 bits per heavy atom. The van der Waals surface area contributed by atoms with Crippen LogP contribution in [-0.4, -0.2) is 0 Å². The summed E-state index contributed by atoms with van der Waals surface area (Å²) < 4.78 is 27.2. The van der Waals surface area contributed by atoms with E-state index in [1.54, 1.807) is 0 Å². The third kappa shape index (κ3) is 4.03. The molecule has 24 heavy (non-hydrogen) atoms. The molecule has 0 atom stereocenters. The van der Waals surface area contributed by atoms with Gasteiger partial charge in [-0.25, -0.2) is 8.78 Å². The zero-order valence-electron chi connectivity index (χ0n) is 15.8. The fourth-order valence-corrected chi connectivity index (χ4v) is 3.37. The van der Waals surface area contributed by atoms with E-state index in [9.17, 15) is 8.78 Å². The molecule has 0 spiro atoms. The molecule has 2 rings (SSSR count). The molecule has 0 nitrogen and oxygen atoms in total. The van der Waals surface area contributed by atoms with Gasteiger partial charge in [0.1, 0.15) is 11.6 Å². The van der Waals surface area contributed by atoms with E-state index < -0.39 is 11.6 Å². The highest BCUT2D eigenvalue weighted by Gasteiger charge is 2.25. The van der Waals surface area contributed by atoms with Crippen molar-refractivity contribution in [3.8, 4) is 0 Å². The standard InChI is InChI=1S/C22H28F2/c1-14-8-16(9-20(15(14)2)21(3,4)5)13-22(6,7)17-10-18(23)12-19(24)11-17/h8-12H,13H2,1-7H3.